The smallest absolute Gasteiger partial charge is 0.262 e. The molecule has 1 aliphatic heterocycles. The lowest BCUT2D eigenvalue weighted by atomic mass is 9.81. The standard InChI is InChI=1S/C31H39N3O2/c1-2-3-6-15-28(35)21-20-24-16-18-26(19-17-24)23-34-29(36)31(33-30(34)32,27-13-9-5-10-14-27)22-25-11-7-4-8-12-25/h5,9-11,13-14,16-19H,2-4,6-8,12,15,20-23H2,1H3,(H2,32,33). The molecule has 0 fully saturated rings. The zero-order chi connectivity index (χ0) is 25.4. The molecule has 5 heteroatoms. The lowest BCUT2D eigenvalue weighted by Crippen LogP contribution is -2.42. The Morgan fingerprint density at radius 3 is 2.44 bits per heavy atom. The monoisotopic (exact) mass is 485 g/mol. The van der Waals surface area contributed by atoms with Gasteiger partial charge in [-0.05, 0) is 55.2 Å². The topological polar surface area (TPSA) is 75.8 Å². The molecular formula is C31H39N3O2. The molecule has 2 aromatic rings. The van der Waals surface area contributed by atoms with E-state index < -0.39 is 5.54 Å². The highest BCUT2D eigenvalue weighted by Gasteiger charge is 2.49. The minimum atomic E-state index is -0.993. The summed E-state index contributed by atoms with van der Waals surface area (Å²) in [6.07, 6.45) is 12.6. The maximum absolute atomic E-state index is 13.9. The Labute approximate surface area is 215 Å². The van der Waals surface area contributed by atoms with Crippen LogP contribution in [0, 0.1) is 0 Å². The van der Waals surface area contributed by atoms with E-state index in [0.717, 1.165) is 61.6 Å². The molecule has 1 unspecified atom stereocenters. The van der Waals surface area contributed by atoms with E-state index >= 15 is 0 Å². The average molecular weight is 486 g/mol. The quantitative estimate of drug-likeness (QED) is 0.287. The van der Waals surface area contributed by atoms with Gasteiger partial charge in [0.1, 0.15) is 5.78 Å². The van der Waals surface area contributed by atoms with E-state index in [9.17, 15) is 9.59 Å². The number of nitrogens with two attached hydrogens (primary N) is 1. The molecule has 2 aromatic carbocycles. The van der Waals surface area contributed by atoms with Crippen molar-refractivity contribution in [2.45, 2.75) is 89.6 Å². The van der Waals surface area contributed by atoms with Crippen LogP contribution in [0.3, 0.4) is 0 Å². The maximum Gasteiger partial charge on any atom is 0.262 e. The first-order chi connectivity index (χ1) is 17.5. The van der Waals surface area contributed by atoms with Gasteiger partial charge in [-0.2, -0.15) is 0 Å². The number of rotatable bonds is 12. The summed E-state index contributed by atoms with van der Waals surface area (Å²) < 4.78 is 0. The SMILES string of the molecule is CCCCCC(=O)CCc1ccc(CN2C(=O)C(CC3=CCCCC3)(c3ccccc3)N=C2N)cc1. The summed E-state index contributed by atoms with van der Waals surface area (Å²) >= 11 is 0. The van der Waals surface area contributed by atoms with E-state index in [1.807, 2.05) is 42.5 Å². The third kappa shape index (κ3) is 6.13. The van der Waals surface area contributed by atoms with Crippen molar-refractivity contribution in [1.82, 2.24) is 4.90 Å². The van der Waals surface area contributed by atoms with Gasteiger partial charge in [0.05, 0.1) is 6.54 Å². The van der Waals surface area contributed by atoms with E-state index in [4.69, 9.17) is 10.7 Å². The van der Waals surface area contributed by atoms with Crippen LogP contribution >= 0.6 is 0 Å². The number of ketones is 1. The Bertz CT molecular complexity index is 1100. The summed E-state index contributed by atoms with van der Waals surface area (Å²) in [5.74, 6) is 0.561. The van der Waals surface area contributed by atoms with Crippen LogP contribution in [0.5, 0.6) is 0 Å². The number of hydrogen-bond donors (Lipinski definition) is 1. The molecule has 0 saturated heterocycles. The molecule has 190 valence electrons. The number of Topliss-reactive ketones (excluding diaryl/α,β-unsaturated/α-hetero) is 1. The van der Waals surface area contributed by atoms with E-state index in [1.165, 1.54) is 12.0 Å². The lowest BCUT2D eigenvalue weighted by Gasteiger charge is -2.28. The van der Waals surface area contributed by atoms with Crippen LogP contribution < -0.4 is 5.73 Å². The zero-order valence-corrected chi connectivity index (χ0v) is 21.5. The highest BCUT2D eigenvalue weighted by Crippen LogP contribution is 2.41. The molecular weight excluding hydrogens is 446 g/mol. The van der Waals surface area contributed by atoms with Gasteiger partial charge in [-0.15, -0.1) is 0 Å². The summed E-state index contributed by atoms with van der Waals surface area (Å²) in [6, 6.07) is 18.0. The normalized spacial score (nSPS) is 19.8. The Morgan fingerprint density at radius 2 is 1.75 bits per heavy atom. The van der Waals surface area contributed by atoms with Gasteiger partial charge in [-0.1, -0.05) is 86.0 Å². The van der Waals surface area contributed by atoms with Crippen LogP contribution in [0.2, 0.25) is 0 Å². The fourth-order valence-electron chi connectivity index (χ4n) is 5.27. The lowest BCUT2D eigenvalue weighted by molar-refractivity contribution is -0.132. The molecule has 0 radical (unpaired) electrons. The number of aliphatic imine (C=N–C) groups is 1. The van der Waals surface area contributed by atoms with Crippen molar-refractivity contribution in [2.24, 2.45) is 10.7 Å². The molecule has 5 nitrogen and oxygen atoms in total. The van der Waals surface area contributed by atoms with Gasteiger partial charge in [0.2, 0.25) is 0 Å². The van der Waals surface area contributed by atoms with Gasteiger partial charge in [0.25, 0.3) is 5.91 Å². The van der Waals surface area contributed by atoms with Crippen molar-refractivity contribution in [3.8, 4) is 0 Å². The summed E-state index contributed by atoms with van der Waals surface area (Å²) in [6.45, 7) is 2.54. The molecule has 1 atom stereocenters. The fourth-order valence-corrected chi connectivity index (χ4v) is 5.27. The molecule has 0 bridgehead atoms. The summed E-state index contributed by atoms with van der Waals surface area (Å²) in [4.78, 5) is 32.5. The molecule has 2 aliphatic rings. The summed E-state index contributed by atoms with van der Waals surface area (Å²) in [7, 11) is 0. The predicted octanol–water partition coefficient (Wildman–Crippen LogP) is 6.21. The van der Waals surface area contributed by atoms with Gasteiger partial charge >= 0.3 is 0 Å². The number of carbonyl (C=O) groups is 2. The van der Waals surface area contributed by atoms with Crippen LogP contribution in [0.4, 0.5) is 0 Å². The van der Waals surface area contributed by atoms with Gasteiger partial charge in [0, 0.05) is 19.3 Å². The number of carbonyl (C=O) groups excluding carboxylic acids is 2. The molecule has 0 saturated carbocycles. The average Bonchev–Trinajstić information content (AvgIpc) is 3.14. The highest BCUT2D eigenvalue weighted by atomic mass is 16.2. The van der Waals surface area contributed by atoms with Crippen molar-refractivity contribution in [3.05, 3.63) is 82.9 Å². The molecule has 0 spiro atoms. The number of hydrogen-bond acceptors (Lipinski definition) is 4. The third-order valence-corrected chi connectivity index (χ3v) is 7.42. The van der Waals surface area contributed by atoms with Gasteiger partial charge in [-0.25, -0.2) is 4.99 Å². The number of guanidine groups is 1. The Hall–Kier alpha value is -3.21. The highest BCUT2D eigenvalue weighted by molar-refractivity contribution is 6.07. The Morgan fingerprint density at radius 1 is 1.00 bits per heavy atom. The first-order valence-corrected chi connectivity index (χ1v) is 13.5. The van der Waals surface area contributed by atoms with Crippen LogP contribution in [0.25, 0.3) is 0 Å². The molecule has 36 heavy (non-hydrogen) atoms. The summed E-state index contributed by atoms with van der Waals surface area (Å²) in [5, 5.41) is 0. The van der Waals surface area contributed by atoms with Crippen molar-refractivity contribution < 1.29 is 9.59 Å². The van der Waals surface area contributed by atoms with Gasteiger partial charge < -0.3 is 5.73 Å². The van der Waals surface area contributed by atoms with Crippen LogP contribution in [0.1, 0.15) is 87.8 Å². The second-order valence-corrected chi connectivity index (χ2v) is 10.2. The second-order valence-electron chi connectivity index (χ2n) is 10.2. The van der Waals surface area contributed by atoms with Crippen molar-refractivity contribution in [1.29, 1.82) is 0 Å². The van der Waals surface area contributed by atoms with E-state index in [0.29, 0.717) is 31.6 Å². The van der Waals surface area contributed by atoms with Crippen molar-refractivity contribution in [2.75, 3.05) is 0 Å². The largest absolute Gasteiger partial charge is 0.369 e. The second kappa shape index (κ2) is 12.2. The van der Waals surface area contributed by atoms with E-state index in [-0.39, 0.29) is 11.9 Å². The molecule has 2 N–H and O–H groups in total. The molecule has 4 rings (SSSR count). The molecule has 1 amide bonds. The number of benzene rings is 2. The molecule has 1 heterocycles. The van der Waals surface area contributed by atoms with Crippen LogP contribution in [0.15, 0.2) is 71.2 Å². The molecule has 0 aromatic heterocycles. The first-order valence-electron chi connectivity index (χ1n) is 13.5. The number of aryl methyl sites for hydroxylation is 1. The number of amides is 1. The minimum Gasteiger partial charge on any atom is -0.369 e. The van der Waals surface area contributed by atoms with Crippen LogP contribution in [-0.2, 0) is 28.1 Å². The first kappa shape index (κ1) is 25.9. The Kier molecular flexibility index (Phi) is 8.74. The summed E-state index contributed by atoms with van der Waals surface area (Å²) in [5.41, 5.74) is 9.73. The molecule has 1 aliphatic carbocycles. The minimum absolute atomic E-state index is 0.0561. The van der Waals surface area contributed by atoms with E-state index in [2.05, 4.69) is 25.1 Å². The number of nitrogens with zero attached hydrogens (tertiary/aromatic N) is 2. The maximum atomic E-state index is 13.9. The van der Waals surface area contributed by atoms with Crippen molar-refractivity contribution in [3.63, 3.8) is 0 Å². The number of unbranched alkanes of at least 4 members (excludes halogenated alkanes) is 2. The predicted molar refractivity (Wildman–Crippen MR) is 145 cm³/mol. The number of allylic oxidation sites excluding steroid dienone is 1. The third-order valence-electron chi connectivity index (χ3n) is 7.42. The van der Waals surface area contributed by atoms with Gasteiger partial charge in [0.15, 0.2) is 11.5 Å². The Balaban J connectivity index is 1.45. The van der Waals surface area contributed by atoms with E-state index in [1.54, 1.807) is 4.90 Å². The fraction of sp³-hybridized carbons (Fsp3) is 0.452. The van der Waals surface area contributed by atoms with Crippen molar-refractivity contribution >= 4 is 17.6 Å². The zero-order valence-electron chi connectivity index (χ0n) is 21.5. The van der Waals surface area contributed by atoms with Gasteiger partial charge in [-0.3, -0.25) is 14.5 Å². The van der Waals surface area contributed by atoms with Crippen LogP contribution in [-0.4, -0.2) is 22.5 Å².